The van der Waals surface area contributed by atoms with E-state index >= 15 is 0 Å². The Morgan fingerprint density at radius 2 is 2.00 bits per heavy atom. The van der Waals surface area contributed by atoms with Crippen molar-refractivity contribution in [3.63, 3.8) is 0 Å². The number of benzene rings is 1. The summed E-state index contributed by atoms with van der Waals surface area (Å²) >= 11 is 0. The molecule has 0 aliphatic heterocycles. The summed E-state index contributed by atoms with van der Waals surface area (Å²) in [6, 6.07) is 7.42. The van der Waals surface area contributed by atoms with Gasteiger partial charge in [0.15, 0.2) is 5.75 Å². The van der Waals surface area contributed by atoms with Gasteiger partial charge in [-0.15, -0.1) is 0 Å². The van der Waals surface area contributed by atoms with Crippen molar-refractivity contribution in [3.05, 3.63) is 54.0 Å². The van der Waals surface area contributed by atoms with Crippen molar-refractivity contribution < 1.29 is 24.2 Å². The lowest BCUT2D eigenvalue weighted by Gasteiger charge is -2.07. The molecular formula is C14H11NO5. The molecule has 0 atom stereocenters. The minimum absolute atomic E-state index is 0.0268. The molecule has 0 saturated heterocycles. The fraction of sp³-hybridized carbons (Fsp3) is 0. The van der Waals surface area contributed by atoms with Crippen molar-refractivity contribution in [1.29, 1.82) is 0 Å². The van der Waals surface area contributed by atoms with Crippen molar-refractivity contribution in [2.45, 2.75) is 0 Å². The fourth-order valence-electron chi connectivity index (χ4n) is 1.54. The third kappa shape index (κ3) is 3.05. The summed E-state index contributed by atoms with van der Waals surface area (Å²) in [6.45, 7) is 0. The SMILES string of the molecule is O=C(/C=C/c1ccco1)Nc1cccc(C(=O)O)c1O. The normalized spacial score (nSPS) is 10.6. The van der Waals surface area contributed by atoms with Gasteiger partial charge in [0.25, 0.3) is 0 Å². The van der Waals surface area contributed by atoms with Crippen LogP contribution in [0.25, 0.3) is 6.08 Å². The third-order valence-corrected chi connectivity index (χ3v) is 2.47. The van der Waals surface area contributed by atoms with Gasteiger partial charge in [0, 0.05) is 6.08 Å². The average molecular weight is 273 g/mol. The number of anilines is 1. The van der Waals surface area contributed by atoms with E-state index in [1.54, 1.807) is 12.1 Å². The van der Waals surface area contributed by atoms with E-state index in [1.165, 1.54) is 36.6 Å². The minimum atomic E-state index is -1.27. The summed E-state index contributed by atoms with van der Waals surface area (Å²) in [6.07, 6.45) is 4.14. The molecule has 1 heterocycles. The Bertz CT molecular complexity index is 658. The third-order valence-electron chi connectivity index (χ3n) is 2.47. The van der Waals surface area contributed by atoms with E-state index in [-0.39, 0.29) is 11.3 Å². The predicted octanol–water partition coefficient (Wildman–Crippen LogP) is 2.34. The van der Waals surface area contributed by atoms with Crippen LogP contribution in [0, 0.1) is 0 Å². The molecule has 0 aliphatic rings. The summed E-state index contributed by atoms with van der Waals surface area (Å²) in [5.41, 5.74) is -0.253. The average Bonchev–Trinajstić information content (AvgIpc) is 2.91. The predicted molar refractivity (Wildman–Crippen MR) is 71.4 cm³/mol. The van der Waals surface area contributed by atoms with Crippen molar-refractivity contribution >= 4 is 23.6 Å². The van der Waals surface area contributed by atoms with Crippen LogP contribution in [0.15, 0.2) is 47.1 Å². The molecule has 0 aliphatic carbocycles. The number of carboxylic acids is 1. The van der Waals surface area contributed by atoms with Crippen molar-refractivity contribution in [2.24, 2.45) is 0 Å². The van der Waals surface area contributed by atoms with Crippen LogP contribution in [0.1, 0.15) is 16.1 Å². The van der Waals surface area contributed by atoms with Gasteiger partial charge in [0.05, 0.1) is 12.0 Å². The molecule has 1 amide bonds. The van der Waals surface area contributed by atoms with Gasteiger partial charge in [0.2, 0.25) is 5.91 Å². The number of phenols is 1. The van der Waals surface area contributed by atoms with Crippen molar-refractivity contribution in [2.75, 3.05) is 5.32 Å². The summed E-state index contributed by atoms with van der Waals surface area (Å²) < 4.78 is 5.01. The number of carbonyl (C=O) groups excluding carboxylic acids is 1. The largest absolute Gasteiger partial charge is 0.505 e. The monoisotopic (exact) mass is 273 g/mol. The zero-order valence-electron chi connectivity index (χ0n) is 10.2. The smallest absolute Gasteiger partial charge is 0.339 e. The maximum Gasteiger partial charge on any atom is 0.339 e. The molecule has 0 fully saturated rings. The highest BCUT2D eigenvalue weighted by molar-refractivity contribution is 6.04. The van der Waals surface area contributed by atoms with Crippen LogP contribution in [-0.2, 0) is 4.79 Å². The second-order valence-electron chi connectivity index (χ2n) is 3.84. The molecule has 1 aromatic carbocycles. The van der Waals surface area contributed by atoms with Crippen LogP contribution in [0.3, 0.4) is 0 Å². The first kappa shape index (κ1) is 13.4. The lowest BCUT2D eigenvalue weighted by molar-refractivity contribution is -0.111. The van der Waals surface area contributed by atoms with E-state index in [0.29, 0.717) is 5.76 Å². The first-order valence-electron chi connectivity index (χ1n) is 5.66. The Morgan fingerprint density at radius 3 is 2.65 bits per heavy atom. The Labute approximate surface area is 114 Å². The van der Waals surface area contributed by atoms with Gasteiger partial charge in [-0.05, 0) is 30.3 Å². The fourth-order valence-corrected chi connectivity index (χ4v) is 1.54. The molecule has 0 bridgehead atoms. The number of amides is 1. The first-order valence-corrected chi connectivity index (χ1v) is 5.66. The highest BCUT2D eigenvalue weighted by Gasteiger charge is 2.13. The van der Waals surface area contributed by atoms with Gasteiger partial charge >= 0.3 is 5.97 Å². The van der Waals surface area contributed by atoms with Gasteiger partial charge in [-0.2, -0.15) is 0 Å². The number of aromatic hydroxyl groups is 1. The molecule has 6 heteroatoms. The zero-order valence-corrected chi connectivity index (χ0v) is 10.2. The number of furan rings is 1. The molecule has 0 radical (unpaired) electrons. The van der Waals surface area contributed by atoms with Crippen LogP contribution in [0.5, 0.6) is 5.75 Å². The van der Waals surface area contributed by atoms with Crippen LogP contribution in [-0.4, -0.2) is 22.1 Å². The second kappa shape index (κ2) is 5.75. The van der Waals surface area contributed by atoms with E-state index < -0.39 is 17.6 Å². The van der Waals surface area contributed by atoms with E-state index in [9.17, 15) is 14.7 Å². The number of carbonyl (C=O) groups is 2. The van der Waals surface area contributed by atoms with E-state index in [1.807, 2.05) is 0 Å². The van der Waals surface area contributed by atoms with Gasteiger partial charge in [-0.25, -0.2) is 4.79 Å². The molecule has 3 N–H and O–H groups in total. The van der Waals surface area contributed by atoms with Crippen LogP contribution >= 0.6 is 0 Å². The topological polar surface area (TPSA) is 99.8 Å². The molecule has 2 rings (SSSR count). The van der Waals surface area contributed by atoms with Crippen molar-refractivity contribution in [3.8, 4) is 5.75 Å². The molecule has 0 saturated carbocycles. The number of hydrogen-bond acceptors (Lipinski definition) is 4. The van der Waals surface area contributed by atoms with E-state index in [2.05, 4.69) is 5.32 Å². The maximum absolute atomic E-state index is 11.6. The van der Waals surface area contributed by atoms with Gasteiger partial charge in [-0.1, -0.05) is 6.07 Å². The molecule has 1 aromatic heterocycles. The quantitative estimate of drug-likeness (QED) is 0.586. The number of aromatic carboxylic acids is 1. The Balaban J connectivity index is 2.12. The first-order chi connectivity index (χ1) is 9.58. The van der Waals surface area contributed by atoms with E-state index in [4.69, 9.17) is 9.52 Å². The van der Waals surface area contributed by atoms with Gasteiger partial charge in [0.1, 0.15) is 11.3 Å². The number of para-hydroxylation sites is 1. The van der Waals surface area contributed by atoms with Gasteiger partial charge in [-0.3, -0.25) is 4.79 Å². The molecule has 6 nitrogen and oxygen atoms in total. The number of hydrogen-bond donors (Lipinski definition) is 3. The highest BCUT2D eigenvalue weighted by atomic mass is 16.4. The summed E-state index contributed by atoms with van der Waals surface area (Å²) in [5, 5.41) is 21.0. The molecule has 102 valence electrons. The van der Waals surface area contributed by atoms with Gasteiger partial charge < -0.3 is 19.9 Å². The molecule has 0 spiro atoms. The van der Waals surface area contributed by atoms with Crippen LogP contribution in [0.2, 0.25) is 0 Å². The Kier molecular flexibility index (Phi) is 3.85. The second-order valence-corrected chi connectivity index (χ2v) is 3.84. The molecule has 20 heavy (non-hydrogen) atoms. The number of carboxylic acid groups (broad SMARTS) is 1. The van der Waals surface area contributed by atoms with E-state index in [0.717, 1.165) is 0 Å². The Morgan fingerprint density at radius 1 is 1.20 bits per heavy atom. The number of rotatable bonds is 4. The molecule has 0 unspecified atom stereocenters. The van der Waals surface area contributed by atoms with Crippen molar-refractivity contribution in [1.82, 2.24) is 0 Å². The van der Waals surface area contributed by atoms with Crippen LogP contribution in [0.4, 0.5) is 5.69 Å². The zero-order chi connectivity index (χ0) is 14.5. The van der Waals surface area contributed by atoms with Crippen LogP contribution < -0.4 is 5.32 Å². The molecule has 2 aromatic rings. The Hall–Kier alpha value is -3.02. The summed E-state index contributed by atoms with van der Waals surface area (Å²) in [7, 11) is 0. The lowest BCUT2D eigenvalue weighted by atomic mass is 10.1. The molecular weight excluding hydrogens is 262 g/mol. The highest BCUT2D eigenvalue weighted by Crippen LogP contribution is 2.27. The lowest BCUT2D eigenvalue weighted by Crippen LogP contribution is -2.09. The standard InChI is InChI=1S/C14H11NO5/c16-12(7-6-9-3-2-8-20-9)15-11-5-1-4-10(13(11)17)14(18)19/h1-8,17H,(H,15,16)(H,18,19)/b7-6+. The summed E-state index contributed by atoms with van der Waals surface area (Å²) in [5.74, 6) is -1.77. The maximum atomic E-state index is 11.6. The summed E-state index contributed by atoms with van der Waals surface area (Å²) in [4.78, 5) is 22.5. The minimum Gasteiger partial charge on any atom is -0.505 e. The number of nitrogens with one attached hydrogen (secondary N) is 1.